The first-order valence-electron chi connectivity index (χ1n) is 8.97. The number of carbonyl (C=O) groups excluding carboxylic acids is 2. The summed E-state index contributed by atoms with van der Waals surface area (Å²) in [5.41, 5.74) is 5.23. The monoisotopic (exact) mass is 398 g/mol. The predicted octanol–water partition coefficient (Wildman–Crippen LogP) is 1.58. The number of nitrogens with two attached hydrogens (primary N) is 1. The van der Waals surface area contributed by atoms with Crippen LogP contribution in [0, 0.1) is 0 Å². The van der Waals surface area contributed by atoms with Crippen LogP contribution in [0.2, 0.25) is 0 Å². The highest BCUT2D eigenvalue weighted by atomic mass is 35.5. The molecule has 2 heterocycles. The van der Waals surface area contributed by atoms with Gasteiger partial charge in [-0.05, 0) is 45.4 Å². The topological polar surface area (TPSA) is 87.5 Å². The molecule has 0 radical (unpaired) electrons. The molecule has 3 atom stereocenters. The van der Waals surface area contributed by atoms with Crippen LogP contribution in [0.3, 0.4) is 0 Å². The number of hydrogen-bond donors (Lipinski definition) is 3. The number of hydrogen-bond acceptors (Lipinski definition) is 4. The molecular formula is C19H28ClFN4O2. The van der Waals surface area contributed by atoms with Crippen molar-refractivity contribution in [1.82, 2.24) is 10.2 Å². The van der Waals surface area contributed by atoms with Gasteiger partial charge in [0.2, 0.25) is 11.8 Å². The molecule has 2 aliphatic heterocycles. The predicted molar refractivity (Wildman–Crippen MR) is 106 cm³/mol. The Hall–Kier alpha value is -1.70. The number of nitrogens with zero attached hydrogens (tertiary/aromatic N) is 1. The van der Waals surface area contributed by atoms with Gasteiger partial charge in [0.15, 0.2) is 0 Å². The van der Waals surface area contributed by atoms with Crippen molar-refractivity contribution in [3.05, 3.63) is 29.8 Å². The van der Waals surface area contributed by atoms with E-state index in [2.05, 4.69) is 10.6 Å². The fourth-order valence-electron chi connectivity index (χ4n) is 4.31. The van der Waals surface area contributed by atoms with Crippen molar-refractivity contribution in [2.45, 2.75) is 49.9 Å². The highest BCUT2D eigenvalue weighted by Crippen LogP contribution is 2.46. The molecule has 1 saturated heterocycles. The summed E-state index contributed by atoms with van der Waals surface area (Å²) in [6.07, 6.45) is 0.655. The zero-order chi connectivity index (χ0) is 19.1. The number of carbonyl (C=O) groups is 2. The first-order valence-corrected chi connectivity index (χ1v) is 8.97. The maximum atomic E-state index is 14.1. The second-order valence-electron chi connectivity index (χ2n) is 8.04. The Kier molecular flexibility index (Phi) is 6.19. The summed E-state index contributed by atoms with van der Waals surface area (Å²) in [7, 11) is 1.78. The Morgan fingerprint density at radius 1 is 1.48 bits per heavy atom. The van der Waals surface area contributed by atoms with E-state index in [1.54, 1.807) is 7.05 Å². The van der Waals surface area contributed by atoms with Gasteiger partial charge < -0.3 is 16.4 Å². The maximum absolute atomic E-state index is 14.1. The van der Waals surface area contributed by atoms with Crippen LogP contribution in [0.1, 0.15) is 32.3 Å². The van der Waals surface area contributed by atoms with E-state index in [1.165, 1.54) is 13.8 Å². The van der Waals surface area contributed by atoms with Gasteiger partial charge in [-0.1, -0.05) is 18.2 Å². The minimum Gasteiger partial charge on any atom is -0.368 e. The summed E-state index contributed by atoms with van der Waals surface area (Å²) < 4.78 is 14.1. The summed E-state index contributed by atoms with van der Waals surface area (Å²) in [6, 6.07) is 6.86. The summed E-state index contributed by atoms with van der Waals surface area (Å²) in [5.74, 6) is -0.548. The molecule has 150 valence electrons. The van der Waals surface area contributed by atoms with Gasteiger partial charge in [-0.3, -0.25) is 14.5 Å². The van der Waals surface area contributed by atoms with Gasteiger partial charge in [0, 0.05) is 24.8 Å². The fourth-order valence-corrected chi connectivity index (χ4v) is 4.31. The van der Waals surface area contributed by atoms with Crippen molar-refractivity contribution in [3.8, 4) is 0 Å². The second kappa shape index (κ2) is 7.73. The number of para-hydroxylation sites is 1. The van der Waals surface area contributed by atoms with E-state index in [0.717, 1.165) is 11.3 Å². The van der Waals surface area contributed by atoms with Gasteiger partial charge in [-0.15, -0.1) is 12.4 Å². The number of fused-ring (bicyclic) bond motifs is 2. The molecule has 0 saturated carbocycles. The van der Waals surface area contributed by atoms with E-state index in [4.69, 9.17) is 5.73 Å². The number of primary amides is 1. The van der Waals surface area contributed by atoms with Crippen molar-refractivity contribution in [1.29, 1.82) is 0 Å². The summed E-state index contributed by atoms with van der Waals surface area (Å²) in [6.45, 7) is 3.92. The highest BCUT2D eigenvalue weighted by molar-refractivity contribution is 6.07. The third kappa shape index (κ3) is 4.10. The van der Waals surface area contributed by atoms with E-state index in [-0.39, 0.29) is 24.4 Å². The Labute approximate surface area is 165 Å². The number of alkyl halides is 1. The lowest BCUT2D eigenvalue weighted by Crippen LogP contribution is -2.48. The average molecular weight is 399 g/mol. The van der Waals surface area contributed by atoms with Crippen LogP contribution < -0.4 is 16.4 Å². The number of benzene rings is 1. The third-order valence-corrected chi connectivity index (χ3v) is 5.50. The van der Waals surface area contributed by atoms with Gasteiger partial charge in [0.05, 0.1) is 11.5 Å². The van der Waals surface area contributed by atoms with E-state index >= 15 is 0 Å². The minimum absolute atomic E-state index is 0. The largest absolute Gasteiger partial charge is 0.368 e. The number of anilines is 1. The normalized spacial score (nSPS) is 25.8. The van der Waals surface area contributed by atoms with Crippen molar-refractivity contribution < 1.29 is 14.0 Å². The van der Waals surface area contributed by atoms with Crippen molar-refractivity contribution in [3.63, 3.8) is 0 Å². The van der Waals surface area contributed by atoms with Crippen LogP contribution in [0.4, 0.5) is 10.1 Å². The number of likely N-dealkylation sites (tertiary alicyclic amines) is 1. The molecule has 0 aromatic heterocycles. The van der Waals surface area contributed by atoms with E-state index < -0.39 is 23.0 Å². The Morgan fingerprint density at radius 2 is 2.15 bits per heavy atom. The first-order chi connectivity index (χ1) is 12.2. The fraction of sp³-hybridized carbons (Fsp3) is 0.579. The first kappa shape index (κ1) is 21.6. The smallest absolute Gasteiger partial charge is 0.236 e. The van der Waals surface area contributed by atoms with Crippen LogP contribution >= 0.6 is 12.4 Å². The molecule has 0 unspecified atom stereocenters. The van der Waals surface area contributed by atoms with E-state index in [9.17, 15) is 14.0 Å². The molecule has 1 aromatic rings. The average Bonchev–Trinajstić information content (AvgIpc) is 3.06. The number of rotatable bonds is 6. The standard InChI is InChI=1S/C19H27FN4O2.ClH/c1-18(2,20)8-12(22-3)10-24-11-19(9-15(24)16(21)25)13-6-4-5-7-14(13)23-17(19)26;/h4-7,12,15,22H,8-11H2,1-3H3,(H2,21,25)(H,23,26);1H/t12-,15-,19-;/m0./s1. The minimum atomic E-state index is -1.33. The lowest BCUT2D eigenvalue weighted by Gasteiger charge is -2.30. The van der Waals surface area contributed by atoms with Crippen molar-refractivity contribution in [2.24, 2.45) is 5.73 Å². The van der Waals surface area contributed by atoms with Gasteiger partial charge in [0.25, 0.3) is 0 Å². The van der Waals surface area contributed by atoms with E-state index in [0.29, 0.717) is 25.9 Å². The number of nitrogens with one attached hydrogen (secondary N) is 2. The molecule has 1 aromatic carbocycles. The second-order valence-corrected chi connectivity index (χ2v) is 8.04. The molecule has 6 nitrogen and oxygen atoms in total. The third-order valence-electron chi connectivity index (χ3n) is 5.50. The summed E-state index contributed by atoms with van der Waals surface area (Å²) >= 11 is 0. The Bertz CT molecular complexity index is 724. The number of halogens is 2. The van der Waals surface area contributed by atoms with E-state index in [1.807, 2.05) is 29.2 Å². The van der Waals surface area contributed by atoms with Crippen LogP contribution in [0.15, 0.2) is 24.3 Å². The van der Waals surface area contributed by atoms with Gasteiger partial charge in [-0.2, -0.15) is 0 Å². The lowest BCUT2D eigenvalue weighted by atomic mass is 9.79. The molecule has 2 aliphatic rings. The molecule has 0 bridgehead atoms. The zero-order valence-electron chi connectivity index (χ0n) is 15.9. The molecule has 27 heavy (non-hydrogen) atoms. The zero-order valence-corrected chi connectivity index (χ0v) is 16.7. The summed E-state index contributed by atoms with van der Waals surface area (Å²) in [5, 5.41) is 6.04. The molecule has 4 N–H and O–H groups in total. The molecule has 1 fully saturated rings. The SMILES string of the molecule is CN[C@H](CN1C[C@]2(C[C@H]1C(N)=O)C(=O)Nc1ccccc12)CC(C)(C)F.Cl. The van der Waals surface area contributed by atoms with Gasteiger partial charge in [0.1, 0.15) is 5.67 Å². The van der Waals surface area contributed by atoms with Crippen molar-refractivity contribution in [2.75, 3.05) is 25.5 Å². The molecule has 1 spiro atoms. The highest BCUT2D eigenvalue weighted by Gasteiger charge is 2.55. The number of likely N-dealkylation sites (N-methyl/N-ethyl adjacent to an activating group) is 1. The van der Waals surface area contributed by atoms with Gasteiger partial charge >= 0.3 is 0 Å². The quantitative estimate of drug-likeness (QED) is 0.679. The molecule has 8 heteroatoms. The molecular weight excluding hydrogens is 371 g/mol. The Morgan fingerprint density at radius 3 is 2.74 bits per heavy atom. The molecule has 0 aliphatic carbocycles. The van der Waals surface area contributed by atoms with Gasteiger partial charge in [-0.25, -0.2) is 4.39 Å². The Balaban J connectivity index is 0.00000261. The maximum Gasteiger partial charge on any atom is 0.236 e. The lowest BCUT2D eigenvalue weighted by molar-refractivity contribution is -0.122. The van der Waals surface area contributed by atoms with Crippen LogP contribution in [-0.2, 0) is 15.0 Å². The molecule has 3 rings (SSSR count). The van der Waals surface area contributed by atoms with Crippen LogP contribution in [0.25, 0.3) is 0 Å². The van der Waals surface area contributed by atoms with Crippen LogP contribution in [-0.4, -0.2) is 54.6 Å². The summed E-state index contributed by atoms with van der Waals surface area (Å²) in [4.78, 5) is 26.8. The molecule has 2 amide bonds. The number of amides is 2. The van der Waals surface area contributed by atoms with Crippen LogP contribution in [0.5, 0.6) is 0 Å². The van der Waals surface area contributed by atoms with Crippen molar-refractivity contribution >= 4 is 29.9 Å².